The smallest absolute Gasteiger partial charge is 0.152 e. The molecule has 17 heavy (non-hydrogen) atoms. The Hall–Kier alpha value is -1.39. The highest BCUT2D eigenvalue weighted by atomic mass is 16.5. The van der Waals surface area contributed by atoms with Gasteiger partial charge in [-0.1, -0.05) is 11.6 Å². The minimum atomic E-state index is 0.0515. The van der Waals surface area contributed by atoms with Crippen molar-refractivity contribution >= 4 is 12.0 Å². The first-order chi connectivity index (χ1) is 8.22. The van der Waals surface area contributed by atoms with Crippen LogP contribution in [0.3, 0.4) is 0 Å². The van der Waals surface area contributed by atoms with Gasteiger partial charge in [-0.3, -0.25) is 4.79 Å². The average Bonchev–Trinajstić information content (AvgIpc) is 2.34. The van der Waals surface area contributed by atoms with Gasteiger partial charge in [0.15, 0.2) is 6.29 Å². The van der Waals surface area contributed by atoms with Crippen molar-refractivity contribution in [3.63, 3.8) is 0 Å². The van der Waals surface area contributed by atoms with E-state index in [-0.39, 0.29) is 6.61 Å². The van der Waals surface area contributed by atoms with Gasteiger partial charge in [-0.25, -0.2) is 0 Å². The Morgan fingerprint density at radius 3 is 2.76 bits per heavy atom. The number of carbonyl (C=O) groups excluding carboxylic acids is 1. The highest BCUT2D eigenvalue weighted by Gasteiger charge is 2.10. The maximum absolute atomic E-state index is 11.0. The van der Waals surface area contributed by atoms with Gasteiger partial charge < -0.3 is 14.7 Å². The van der Waals surface area contributed by atoms with Gasteiger partial charge in [0.25, 0.3) is 0 Å². The summed E-state index contributed by atoms with van der Waals surface area (Å²) in [4.78, 5) is 13.0. The number of anilines is 1. The van der Waals surface area contributed by atoms with Gasteiger partial charge in [0.2, 0.25) is 0 Å². The number of benzene rings is 1. The zero-order valence-electron chi connectivity index (χ0n) is 10.3. The first-order valence-corrected chi connectivity index (χ1v) is 5.63. The predicted octanol–water partition coefficient (Wildman–Crippen LogP) is 1.25. The van der Waals surface area contributed by atoms with Crippen LogP contribution in [0, 0.1) is 6.92 Å². The molecule has 0 heterocycles. The van der Waals surface area contributed by atoms with Crippen molar-refractivity contribution < 1.29 is 14.6 Å². The second-order valence-corrected chi connectivity index (χ2v) is 3.88. The molecule has 4 heteroatoms. The van der Waals surface area contributed by atoms with Crippen molar-refractivity contribution in [3.05, 3.63) is 29.3 Å². The third kappa shape index (κ3) is 3.84. The fourth-order valence-electron chi connectivity index (χ4n) is 1.73. The second kappa shape index (κ2) is 7.04. The van der Waals surface area contributed by atoms with Gasteiger partial charge >= 0.3 is 0 Å². The van der Waals surface area contributed by atoms with Gasteiger partial charge in [0, 0.05) is 31.5 Å². The zero-order valence-corrected chi connectivity index (χ0v) is 10.3. The van der Waals surface area contributed by atoms with E-state index in [2.05, 4.69) is 0 Å². The Balaban J connectivity index is 2.95. The van der Waals surface area contributed by atoms with Crippen molar-refractivity contribution in [2.75, 3.05) is 38.3 Å². The van der Waals surface area contributed by atoms with Gasteiger partial charge in [0.1, 0.15) is 0 Å². The molecule has 1 aromatic carbocycles. The van der Waals surface area contributed by atoms with Gasteiger partial charge in [-0.05, 0) is 19.1 Å². The molecule has 1 aromatic rings. The molecule has 0 atom stereocenters. The van der Waals surface area contributed by atoms with Crippen LogP contribution in [0.25, 0.3) is 0 Å². The number of aliphatic hydroxyl groups is 1. The van der Waals surface area contributed by atoms with Crippen LogP contribution < -0.4 is 4.90 Å². The molecular formula is C13H19NO3. The molecule has 0 radical (unpaired) electrons. The van der Waals surface area contributed by atoms with Crippen LogP contribution in [0.1, 0.15) is 15.9 Å². The van der Waals surface area contributed by atoms with Gasteiger partial charge in [-0.15, -0.1) is 0 Å². The maximum Gasteiger partial charge on any atom is 0.152 e. The van der Waals surface area contributed by atoms with E-state index in [4.69, 9.17) is 9.84 Å². The average molecular weight is 237 g/mol. The summed E-state index contributed by atoms with van der Waals surface area (Å²) in [5.41, 5.74) is 2.54. The topological polar surface area (TPSA) is 49.8 Å². The Labute approximate surface area is 102 Å². The van der Waals surface area contributed by atoms with Gasteiger partial charge in [0.05, 0.1) is 13.2 Å². The van der Waals surface area contributed by atoms with E-state index in [1.807, 2.05) is 30.0 Å². The molecule has 0 amide bonds. The molecule has 0 fully saturated rings. The summed E-state index contributed by atoms with van der Waals surface area (Å²) in [6, 6.07) is 5.71. The Kier molecular flexibility index (Phi) is 5.66. The lowest BCUT2D eigenvalue weighted by Gasteiger charge is -2.25. The molecule has 4 nitrogen and oxygen atoms in total. The number of rotatable bonds is 7. The lowest BCUT2D eigenvalue weighted by molar-refractivity contribution is 0.112. The zero-order chi connectivity index (χ0) is 12.7. The molecule has 0 saturated heterocycles. The summed E-state index contributed by atoms with van der Waals surface area (Å²) in [5.74, 6) is 0. The quantitative estimate of drug-likeness (QED) is 0.725. The lowest BCUT2D eigenvalue weighted by Crippen LogP contribution is -2.31. The van der Waals surface area contributed by atoms with E-state index in [0.29, 0.717) is 25.3 Å². The Bertz CT molecular complexity index is 366. The fraction of sp³-hybridized carbons (Fsp3) is 0.462. The van der Waals surface area contributed by atoms with Crippen LogP contribution in [-0.4, -0.2) is 44.8 Å². The molecule has 1 rings (SSSR count). The molecule has 0 aliphatic carbocycles. The number of aryl methyl sites for hydroxylation is 1. The Morgan fingerprint density at radius 1 is 1.41 bits per heavy atom. The van der Waals surface area contributed by atoms with Crippen molar-refractivity contribution in [1.82, 2.24) is 0 Å². The first kappa shape index (κ1) is 13.7. The summed E-state index contributed by atoms with van der Waals surface area (Å²) in [7, 11) is 1.63. The van der Waals surface area contributed by atoms with Crippen molar-refractivity contribution in [2.24, 2.45) is 0 Å². The van der Waals surface area contributed by atoms with Crippen molar-refractivity contribution in [1.29, 1.82) is 0 Å². The van der Waals surface area contributed by atoms with Crippen LogP contribution in [0.2, 0.25) is 0 Å². The first-order valence-electron chi connectivity index (χ1n) is 5.63. The monoisotopic (exact) mass is 237 g/mol. The largest absolute Gasteiger partial charge is 0.395 e. The number of carbonyl (C=O) groups is 1. The van der Waals surface area contributed by atoms with E-state index >= 15 is 0 Å². The lowest BCUT2D eigenvalue weighted by atomic mass is 10.1. The summed E-state index contributed by atoms with van der Waals surface area (Å²) in [6.07, 6.45) is 0.847. The third-order valence-electron chi connectivity index (χ3n) is 2.59. The number of hydrogen-bond acceptors (Lipinski definition) is 4. The number of aliphatic hydroxyl groups excluding tert-OH is 1. The minimum Gasteiger partial charge on any atom is -0.395 e. The second-order valence-electron chi connectivity index (χ2n) is 3.88. The molecule has 94 valence electrons. The van der Waals surface area contributed by atoms with E-state index in [9.17, 15) is 4.79 Å². The van der Waals surface area contributed by atoms with Crippen LogP contribution in [-0.2, 0) is 4.74 Å². The maximum atomic E-state index is 11.0. The molecule has 1 N–H and O–H groups in total. The summed E-state index contributed by atoms with van der Waals surface area (Å²) < 4.78 is 5.03. The van der Waals surface area contributed by atoms with Crippen LogP contribution in [0.4, 0.5) is 5.69 Å². The van der Waals surface area contributed by atoms with Crippen LogP contribution in [0.5, 0.6) is 0 Å². The molecule has 0 spiro atoms. The molecule has 0 saturated carbocycles. The van der Waals surface area contributed by atoms with Gasteiger partial charge in [-0.2, -0.15) is 0 Å². The molecule has 0 aliphatic heterocycles. The van der Waals surface area contributed by atoms with E-state index in [1.54, 1.807) is 7.11 Å². The Morgan fingerprint density at radius 2 is 2.18 bits per heavy atom. The number of hydrogen-bond donors (Lipinski definition) is 1. The van der Waals surface area contributed by atoms with E-state index in [1.165, 1.54) is 0 Å². The third-order valence-corrected chi connectivity index (χ3v) is 2.59. The van der Waals surface area contributed by atoms with E-state index < -0.39 is 0 Å². The van der Waals surface area contributed by atoms with Crippen molar-refractivity contribution in [3.8, 4) is 0 Å². The molecule has 0 unspecified atom stereocenters. The highest BCUT2D eigenvalue weighted by Crippen LogP contribution is 2.20. The summed E-state index contributed by atoms with van der Waals surface area (Å²) in [6.45, 7) is 3.71. The number of aldehydes is 1. The van der Waals surface area contributed by atoms with E-state index in [0.717, 1.165) is 17.5 Å². The predicted molar refractivity (Wildman–Crippen MR) is 67.7 cm³/mol. The van der Waals surface area contributed by atoms with Crippen molar-refractivity contribution in [2.45, 2.75) is 6.92 Å². The normalized spacial score (nSPS) is 10.3. The molecule has 0 aromatic heterocycles. The molecule has 0 bridgehead atoms. The minimum absolute atomic E-state index is 0.0515. The SMILES string of the molecule is COCCN(CCO)c1ccc(C)cc1C=O. The number of nitrogens with zero attached hydrogens (tertiary/aromatic N) is 1. The van der Waals surface area contributed by atoms with Crippen LogP contribution in [0.15, 0.2) is 18.2 Å². The summed E-state index contributed by atoms with van der Waals surface area (Å²) in [5, 5.41) is 9.04. The fourth-order valence-corrected chi connectivity index (χ4v) is 1.73. The molecule has 0 aliphatic rings. The standard InChI is InChI=1S/C13H19NO3/c1-11-3-4-13(12(9-11)10-16)14(5-7-15)6-8-17-2/h3-4,9-10,15H,5-8H2,1-2H3. The highest BCUT2D eigenvalue weighted by molar-refractivity contribution is 5.85. The summed E-state index contributed by atoms with van der Waals surface area (Å²) >= 11 is 0. The van der Waals surface area contributed by atoms with Crippen LogP contribution >= 0.6 is 0 Å². The molecular weight excluding hydrogens is 218 g/mol. The number of ether oxygens (including phenoxy) is 1. The number of methoxy groups -OCH3 is 1.